The summed E-state index contributed by atoms with van der Waals surface area (Å²) in [6.07, 6.45) is 3.56. The molecule has 6 heteroatoms. The Balaban J connectivity index is 1.70. The van der Waals surface area contributed by atoms with Gasteiger partial charge in [0.2, 0.25) is 0 Å². The minimum Gasteiger partial charge on any atom is -0.481 e. The van der Waals surface area contributed by atoms with Gasteiger partial charge in [-0.15, -0.1) is 0 Å². The lowest BCUT2D eigenvalue weighted by Gasteiger charge is -2.37. The smallest absolute Gasteiger partial charge is 0.308 e. The lowest BCUT2D eigenvalue weighted by molar-refractivity contribution is -0.145. The van der Waals surface area contributed by atoms with Crippen LogP contribution in [-0.4, -0.2) is 38.3 Å². The highest BCUT2D eigenvalue weighted by Gasteiger charge is 2.33. The molecule has 2 aromatic carbocycles. The minimum atomic E-state index is -0.735. The van der Waals surface area contributed by atoms with Gasteiger partial charge in [0.1, 0.15) is 5.82 Å². The predicted octanol–water partition coefficient (Wildman–Crippen LogP) is 4.36. The van der Waals surface area contributed by atoms with Crippen LogP contribution < -0.4 is 0 Å². The molecule has 5 nitrogen and oxygen atoms in total. The van der Waals surface area contributed by atoms with E-state index in [2.05, 4.69) is 4.90 Å². The Morgan fingerprint density at radius 3 is 2.59 bits per heavy atom. The topological polar surface area (TPSA) is 58.4 Å². The van der Waals surface area contributed by atoms with E-state index in [4.69, 9.17) is 5.10 Å². The van der Waals surface area contributed by atoms with E-state index in [1.807, 2.05) is 48.1 Å². The molecule has 0 spiro atoms. The monoisotopic (exact) mass is 393 g/mol. The van der Waals surface area contributed by atoms with Gasteiger partial charge in [-0.25, -0.2) is 9.07 Å². The molecule has 1 saturated heterocycles. The van der Waals surface area contributed by atoms with Gasteiger partial charge in [-0.1, -0.05) is 18.2 Å². The molecule has 1 aliphatic heterocycles. The Bertz CT molecular complexity index is 985. The lowest BCUT2D eigenvalue weighted by Crippen LogP contribution is -2.45. The number of hydrogen-bond donors (Lipinski definition) is 1. The van der Waals surface area contributed by atoms with E-state index in [9.17, 15) is 14.3 Å². The molecular weight excluding hydrogens is 369 g/mol. The molecular formula is C23H24FN3O2. The van der Waals surface area contributed by atoms with E-state index < -0.39 is 5.97 Å². The van der Waals surface area contributed by atoms with Crippen LogP contribution in [0.5, 0.6) is 0 Å². The maximum Gasteiger partial charge on any atom is 0.308 e. The number of carboxylic acids is 1. The van der Waals surface area contributed by atoms with Gasteiger partial charge in [0.15, 0.2) is 0 Å². The number of halogens is 1. The van der Waals surface area contributed by atoms with Crippen LogP contribution in [0.1, 0.15) is 25.3 Å². The molecule has 1 fully saturated rings. The fraction of sp³-hybridized carbons (Fsp3) is 0.304. The molecule has 1 aliphatic rings. The van der Waals surface area contributed by atoms with Crippen molar-refractivity contribution < 1.29 is 14.3 Å². The molecule has 0 saturated carbocycles. The van der Waals surface area contributed by atoms with Crippen molar-refractivity contribution in [2.24, 2.45) is 5.92 Å². The summed E-state index contributed by atoms with van der Waals surface area (Å²) < 4.78 is 15.3. The fourth-order valence-electron chi connectivity index (χ4n) is 4.07. The van der Waals surface area contributed by atoms with E-state index in [-0.39, 0.29) is 17.8 Å². The maximum absolute atomic E-state index is 13.4. The molecule has 29 heavy (non-hydrogen) atoms. The summed E-state index contributed by atoms with van der Waals surface area (Å²) in [5, 5.41) is 14.3. The number of piperidine rings is 1. The fourth-order valence-corrected chi connectivity index (χ4v) is 4.07. The Morgan fingerprint density at radius 2 is 1.90 bits per heavy atom. The van der Waals surface area contributed by atoms with Crippen LogP contribution in [-0.2, 0) is 11.3 Å². The van der Waals surface area contributed by atoms with Gasteiger partial charge in [-0.2, -0.15) is 5.10 Å². The molecule has 0 bridgehead atoms. The number of benzene rings is 2. The van der Waals surface area contributed by atoms with Crippen LogP contribution in [0.15, 0.2) is 60.8 Å². The molecule has 1 aromatic heterocycles. The van der Waals surface area contributed by atoms with Gasteiger partial charge in [0.05, 0.1) is 17.3 Å². The van der Waals surface area contributed by atoms with Crippen LogP contribution in [0.4, 0.5) is 4.39 Å². The number of rotatable bonds is 5. The summed E-state index contributed by atoms with van der Waals surface area (Å²) in [5.41, 5.74) is 3.57. The first-order valence-electron chi connectivity index (χ1n) is 9.89. The first-order valence-corrected chi connectivity index (χ1v) is 9.89. The largest absolute Gasteiger partial charge is 0.481 e. The average Bonchev–Trinajstić information content (AvgIpc) is 3.14. The van der Waals surface area contributed by atoms with Crippen molar-refractivity contribution in [1.29, 1.82) is 0 Å². The summed E-state index contributed by atoms with van der Waals surface area (Å²) >= 11 is 0. The minimum absolute atomic E-state index is 0.0533. The van der Waals surface area contributed by atoms with Crippen molar-refractivity contribution >= 4 is 5.97 Å². The third kappa shape index (κ3) is 4.07. The number of nitrogens with zero attached hydrogens (tertiary/aromatic N) is 3. The summed E-state index contributed by atoms with van der Waals surface area (Å²) in [6, 6.07) is 16.1. The molecule has 0 aliphatic carbocycles. The number of carboxylic acid groups (broad SMARTS) is 1. The van der Waals surface area contributed by atoms with Crippen LogP contribution >= 0.6 is 0 Å². The number of likely N-dealkylation sites (tertiary alicyclic amines) is 1. The predicted molar refractivity (Wildman–Crippen MR) is 109 cm³/mol. The molecule has 2 heterocycles. The Kier molecular flexibility index (Phi) is 5.45. The zero-order valence-electron chi connectivity index (χ0n) is 16.3. The van der Waals surface area contributed by atoms with Gasteiger partial charge in [0.25, 0.3) is 0 Å². The van der Waals surface area contributed by atoms with E-state index in [0.29, 0.717) is 13.0 Å². The van der Waals surface area contributed by atoms with Crippen molar-refractivity contribution in [2.75, 3.05) is 6.54 Å². The second-order valence-corrected chi connectivity index (χ2v) is 7.59. The summed E-state index contributed by atoms with van der Waals surface area (Å²) in [5.74, 6) is -1.38. The second-order valence-electron chi connectivity index (χ2n) is 7.59. The number of para-hydroxylation sites is 1. The summed E-state index contributed by atoms with van der Waals surface area (Å²) in [7, 11) is 0. The zero-order chi connectivity index (χ0) is 20.4. The van der Waals surface area contributed by atoms with Crippen molar-refractivity contribution in [1.82, 2.24) is 14.7 Å². The Hall–Kier alpha value is -2.99. The summed E-state index contributed by atoms with van der Waals surface area (Å²) in [4.78, 5) is 13.8. The molecule has 0 radical (unpaired) electrons. The van der Waals surface area contributed by atoms with E-state index >= 15 is 0 Å². The van der Waals surface area contributed by atoms with Gasteiger partial charge < -0.3 is 5.11 Å². The average molecular weight is 393 g/mol. The first kappa shape index (κ1) is 19.3. The third-order valence-corrected chi connectivity index (χ3v) is 5.74. The number of aliphatic carboxylic acids is 1. The molecule has 0 amide bonds. The van der Waals surface area contributed by atoms with Crippen molar-refractivity contribution in [3.63, 3.8) is 0 Å². The number of aromatic nitrogens is 2. The molecule has 150 valence electrons. The van der Waals surface area contributed by atoms with E-state index in [1.165, 1.54) is 12.1 Å². The van der Waals surface area contributed by atoms with Gasteiger partial charge in [-0.3, -0.25) is 9.69 Å². The Morgan fingerprint density at radius 1 is 1.17 bits per heavy atom. The van der Waals surface area contributed by atoms with Crippen molar-refractivity contribution in [3.05, 3.63) is 72.2 Å². The van der Waals surface area contributed by atoms with Crippen LogP contribution in [0, 0.1) is 11.7 Å². The summed E-state index contributed by atoms with van der Waals surface area (Å²) in [6.45, 7) is 3.44. The highest BCUT2D eigenvalue weighted by molar-refractivity contribution is 5.71. The molecule has 2 atom stereocenters. The van der Waals surface area contributed by atoms with Crippen LogP contribution in [0.2, 0.25) is 0 Å². The van der Waals surface area contributed by atoms with Gasteiger partial charge in [0, 0.05) is 29.9 Å². The van der Waals surface area contributed by atoms with Crippen LogP contribution in [0.3, 0.4) is 0 Å². The molecule has 0 unspecified atom stereocenters. The zero-order valence-corrected chi connectivity index (χ0v) is 16.3. The highest BCUT2D eigenvalue weighted by atomic mass is 19.1. The molecule has 4 rings (SSSR count). The number of hydrogen-bond acceptors (Lipinski definition) is 3. The first-order chi connectivity index (χ1) is 14.0. The maximum atomic E-state index is 13.4. The Labute approximate surface area is 169 Å². The van der Waals surface area contributed by atoms with Crippen molar-refractivity contribution in [3.8, 4) is 16.9 Å². The SMILES string of the molecule is C[C@@H]1[C@H](C(=O)O)CCCN1Cc1cn(-c2ccccc2)nc1-c1ccc(F)cc1. The van der Waals surface area contributed by atoms with Gasteiger partial charge >= 0.3 is 5.97 Å². The lowest BCUT2D eigenvalue weighted by atomic mass is 9.90. The quantitative estimate of drug-likeness (QED) is 0.700. The normalized spacial score (nSPS) is 19.9. The van der Waals surface area contributed by atoms with Gasteiger partial charge in [-0.05, 0) is 62.7 Å². The second kappa shape index (κ2) is 8.17. The highest BCUT2D eigenvalue weighted by Crippen LogP contribution is 2.29. The number of carbonyl (C=O) groups is 1. The molecule has 3 aromatic rings. The van der Waals surface area contributed by atoms with E-state index in [1.54, 1.807) is 12.1 Å². The molecule has 1 N–H and O–H groups in total. The van der Waals surface area contributed by atoms with Crippen molar-refractivity contribution in [2.45, 2.75) is 32.4 Å². The van der Waals surface area contributed by atoms with E-state index in [0.717, 1.165) is 35.5 Å². The standard InChI is InChI=1S/C23H24FN3O2/c1-16-21(23(28)29)8-5-13-26(16)14-18-15-27(20-6-3-2-4-7-20)25-22(18)17-9-11-19(24)12-10-17/h2-4,6-7,9-12,15-16,21H,5,8,13-14H2,1H3,(H,28,29)/t16-,21-/m1/s1. The third-order valence-electron chi connectivity index (χ3n) is 5.74. The van der Waals surface area contributed by atoms with Crippen LogP contribution in [0.25, 0.3) is 16.9 Å².